The van der Waals surface area contributed by atoms with Gasteiger partial charge in [0, 0.05) is 18.8 Å². The van der Waals surface area contributed by atoms with E-state index in [-0.39, 0.29) is 17.6 Å². The Morgan fingerprint density at radius 2 is 2.11 bits per heavy atom. The Morgan fingerprint density at radius 1 is 1.44 bits per heavy atom. The van der Waals surface area contributed by atoms with Crippen LogP contribution in [0.5, 0.6) is 0 Å². The first-order valence-corrected chi connectivity index (χ1v) is 6.51. The second kappa shape index (κ2) is 5.67. The van der Waals surface area contributed by atoms with Crippen LogP contribution in [0.25, 0.3) is 0 Å². The fraction of sp³-hybridized carbons (Fsp3) is 0.462. The van der Waals surface area contributed by atoms with Crippen LogP contribution in [0, 0.1) is 11.7 Å². The number of piperidine rings is 1. The zero-order chi connectivity index (χ0) is 13.1. The quantitative estimate of drug-likeness (QED) is 0.838. The van der Waals surface area contributed by atoms with Crippen LogP contribution in [-0.2, 0) is 11.3 Å². The van der Waals surface area contributed by atoms with Crippen LogP contribution < -0.4 is 10.6 Å². The van der Waals surface area contributed by atoms with E-state index >= 15 is 0 Å². The minimum atomic E-state index is -0.257. The van der Waals surface area contributed by atoms with E-state index in [1.807, 2.05) is 0 Å². The number of amides is 1. The third kappa shape index (κ3) is 3.00. The highest BCUT2D eigenvalue weighted by atomic mass is 35.5. The van der Waals surface area contributed by atoms with Crippen LogP contribution in [0.2, 0.25) is 5.02 Å². The molecule has 1 saturated heterocycles. The second-order valence-corrected chi connectivity index (χ2v) is 5.21. The van der Waals surface area contributed by atoms with E-state index in [0.717, 1.165) is 25.9 Å². The van der Waals surface area contributed by atoms with E-state index in [0.29, 0.717) is 17.1 Å². The number of halogens is 2. The van der Waals surface area contributed by atoms with Gasteiger partial charge in [-0.25, -0.2) is 4.39 Å². The van der Waals surface area contributed by atoms with Gasteiger partial charge < -0.3 is 10.6 Å². The number of rotatable bonds is 3. The molecule has 0 bridgehead atoms. The standard InChI is InChI=1S/C13H16ClFN2O/c14-11-2-1-3-12(15)10(11)8-17-6-4-9(5-7-17)13(16)18/h1-3,9H,4-8H2,(H2,16,18)/p+1. The molecule has 0 aliphatic carbocycles. The zero-order valence-electron chi connectivity index (χ0n) is 10.1. The predicted octanol–water partition coefficient (Wildman–Crippen LogP) is 0.759. The maximum Gasteiger partial charge on any atom is 0.220 e. The molecule has 1 fully saturated rings. The molecule has 1 aliphatic heterocycles. The summed E-state index contributed by atoms with van der Waals surface area (Å²) in [6.45, 7) is 2.23. The SMILES string of the molecule is NC(=O)C1CC[NH+](Cc2c(F)cccc2Cl)CC1. The second-order valence-electron chi connectivity index (χ2n) is 4.80. The molecule has 1 aromatic rings. The zero-order valence-corrected chi connectivity index (χ0v) is 10.8. The van der Waals surface area contributed by atoms with Crippen LogP contribution in [-0.4, -0.2) is 19.0 Å². The van der Waals surface area contributed by atoms with Gasteiger partial charge >= 0.3 is 0 Å². The monoisotopic (exact) mass is 271 g/mol. The van der Waals surface area contributed by atoms with Gasteiger partial charge in [-0.2, -0.15) is 0 Å². The normalized spacial score (nSPS) is 23.9. The third-order valence-electron chi connectivity index (χ3n) is 3.58. The van der Waals surface area contributed by atoms with E-state index in [1.165, 1.54) is 11.0 Å². The molecule has 1 aromatic carbocycles. The van der Waals surface area contributed by atoms with Crippen molar-refractivity contribution in [2.75, 3.05) is 13.1 Å². The molecule has 1 amide bonds. The van der Waals surface area contributed by atoms with E-state index < -0.39 is 0 Å². The molecule has 0 unspecified atom stereocenters. The summed E-state index contributed by atoms with van der Waals surface area (Å²) in [4.78, 5) is 12.3. The van der Waals surface area contributed by atoms with Crippen molar-refractivity contribution in [2.24, 2.45) is 11.7 Å². The van der Waals surface area contributed by atoms with Crippen LogP contribution in [0.4, 0.5) is 4.39 Å². The van der Waals surface area contributed by atoms with Crippen molar-refractivity contribution in [3.05, 3.63) is 34.6 Å². The van der Waals surface area contributed by atoms with E-state index in [4.69, 9.17) is 17.3 Å². The van der Waals surface area contributed by atoms with Crippen molar-refractivity contribution in [2.45, 2.75) is 19.4 Å². The summed E-state index contributed by atoms with van der Waals surface area (Å²) in [5.74, 6) is -0.505. The van der Waals surface area contributed by atoms with Crippen LogP contribution in [0.3, 0.4) is 0 Å². The molecular formula is C13H17ClFN2O+. The molecule has 0 spiro atoms. The summed E-state index contributed by atoms with van der Waals surface area (Å²) >= 11 is 6.00. The predicted molar refractivity (Wildman–Crippen MR) is 67.7 cm³/mol. The lowest BCUT2D eigenvalue weighted by molar-refractivity contribution is -0.919. The fourth-order valence-electron chi connectivity index (χ4n) is 2.44. The summed E-state index contributed by atoms with van der Waals surface area (Å²) in [5.41, 5.74) is 5.85. The first-order valence-electron chi connectivity index (χ1n) is 6.13. The van der Waals surface area contributed by atoms with Crippen molar-refractivity contribution < 1.29 is 14.1 Å². The molecule has 0 radical (unpaired) electrons. The molecule has 1 aliphatic rings. The smallest absolute Gasteiger partial charge is 0.220 e. The summed E-state index contributed by atoms with van der Waals surface area (Å²) in [7, 11) is 0. The number of carbonyl (C=O) groups excluding carboxylic acids is 1. The average molecular weight is 272 g/mol. The van der Waals surface area contributed by atoms with Crippen LogP contribution >= 0.6 is 11.6 Å². The Hall–Kier alpha value is -1.13. The average Bonchev–Trinajstić information content (AvgIpc) is 2.34. The van der Waals surface area contributed by atoms with E-state index in [2.05, 4.69) is 0 Å². The van der Waals surface area contributed by atoms with Gasteiger partial charge in [0.2, 0.25) is 5.91 Å². The lowest BCUT2D eigenvalue weighted by Gasteiger charge is -2.28. The van der Waals surface area contributed by atoms with Gasteiger partial charge in [-0.1, -0.05) is 17.7 Å². The maximum absolute atomic E-state index is 13.6. The molecule has 0 aromatic heterocycles. The number of hydrogen-bond donors (Lipinski definition) is 2. The summed E-state index contributed by atoms with van der Waals surface area (Å²) in [5, 5.41) is 0.472. The van der Waals surface area contributed by atoms with Gasteiger partial charge in [0.05, 0.1) is 23.7 Å². The number of quaternary nitrogens is 1. The number of benzene rings is 1. The number of carbonyl (C=O) groups is 1. The Labute approximate surface area is 111 Å². The molecule has 18 heavy (non-hydrogen) atoms. The fourth-order valence-corrected chi connectivity index (χ4v) is 2.67. The van der Waals surface area contributed by atoms with Crippen molar-refractivity contribution in [3.8, 4) is 0 Å². The maximum atomic E-state index is 13.6. The van der Waals surface area contributed by atoms with Crippen molar-refractivity contribution in [1.29, 1.82) is 0 Å². The van der Waals surface area contributed by atoms with Gasteiger partial charge in [-0.05, 0) is 12.1 Å². The molecule has 2 rings (SSSR count). The van der Waals surface area contributed by atoms with Gasteiger partial charge in [0.15, 0.2) is 0 Å². The molecule has 98 valence electrons. The largest absolute Gasteiger partial charge is 0.369 e. The van der Waals surface area contributed by atoms with Gasteiger partial charge in [0.25, 0.3) is 0 Å². The van der Waals surface area contributed by atoms with E-state index in [1.54, 1.807) is 12.1 Å². The van der Waals surface area contributed by atoms with Crippen molar-refractivity contribution >= 4 is 17.5 Å². The van der Waals surface area contributed by atoms with Crippen LogP contribution in [0.1, 0.15) is 18.4 Å². The Kier molecular flexibility index (Phi) is 4.19. The number of nitrogens with one attached hydrogen (secondary N) is 1. The first-order chi connectivity index (χ1) is 8.58. The topological polar surface area (TPSA) is 47.5 Å². The molecular weight excluding hydrogens is 255 g/mol. The van der Waals surface area contributed by atoms with Crippen LogP contribution in [0.15, 0.2) is 18.2 Å². The lowest BCUT2D eigenvalue weighted by atomic mass is 9.96. The first kappa shape index (κ1) is 13.3. The lowest BCUT2D eigenvalue weighted by Crippen LogP contribution is -3.11. The molecule has 1 heterocycles. The highest BCUT2D eigenvalue weighted by Gasteiger charge is 2.26. The van der Waals surface area contributed by atoms with Gasteiger partial charge in [-0.3, -0.25) is 4.79 Å². The van der Waals surface area contributed by atoms with E-state index in [9.17, 15) is 9.18 Å². The summed E-state index contributed by atoms with van der Waals surface area (Å²) in [6.07, 6.45) is 1.55. The molecule has 0 saturated carbocycles. The molecule has 5 heteroatoms. The number of primary amides is 1. The minimum absolute atomic E-state index is 0.0233. The van der Waals surface area contributed by atoms with Crippen molar-refractivity contribution in [3.63, 3.8) is 0 Å². The molecule has 3 N–H and O–H groups in total. The highest BCUT2D eigenvalue weighted by molar-refractivity contribution is 6.31. The highest BCUT2D eigenvalue weighted by Crippen LogP contribution is 2.18. The number of likely N-dealkylation sites (tertiary alicyclic amines) is 1. The number of nitrogens with two attached hydrogens (primary N) is 1. The van der Waals surface area contributed by atoms with Gasteiger partial charge in [0.1, 0.15) is 12.4 Å². The van der Waals surface area contributed by atoms with Crippen molar-refractivity contribution in [1.82, 2.24) is 0 Å². The Morgan fingerprint density at radius 3 is 2.67 bits per heavy atom. The summed E-state index contributed by atoms with van der Waals surface area (Å²) in [6, 6.07) is 4.74. The Bertz CT molecular complexity index is 424. The minimum Gasteiger partial charge on any atom is -0.369 e. The molecule has 3 nitrogen and oxygen atoms in total. The Balaban J connectivity index is 1.98. The molecule has 0 atom stereocenters. The van der Waals surface area contributed by atoms with Gasteiger partial charge in [-0.15, -0.1) is 0 Å². The summed E-state index contributed by atoms with van der Waals surface area (Å²) < 4.78 is 13.6. The number of hydrogen-bond acceptors (Lipinski definition) is 1. The third-order valence-corrected chi connectivity index (χ3v) is 3.94.